The second kappa shape index (κ2) is 9.61. The van der Waals surface area contributed by atoms with Gasteiger partial charge in [0.1, 0.15) is 5.75 Å². The van der Waals surface area contributed by atoms with Crippen LogP contribution in [0.4, 0.5) is 17.1 Å². The first-order valence-electron chi connectivity index (χ1n) is 11.3. The average Bonchev–Trinajstić information content (AvgIpc) is 3.22. The Morgan fingerprint density at radius 1 is 1.06 bits per heavy atom. The van der Waals surface area contributed by atoms with Crippen LogP contribution in [0.5, 0.6) is 5.75 Å². The van der Waals surface area contributed by atoms with Gasteiger partial charge in [-0.25, -0.2) is 0 Å². The van der Waals surface area contributed by atoms with Gasteiger partial charge in [-0.05, 0) is 61.5 Å². The Kier molecular flexibility index (Phi) is 6.65. The second-order valence-corrected chi connectivity index (χ2v) is 8.51. The van der Waals surface area contributed by atoms with E-state index >= 15 is 0 Å². The summed E-state index contributed by atoms with van der Waals surface area (Å²) < 4.78 is 5.18. The summed E-state index contributed by atoms with van der Waals surface area (Å²) in [6, 6.07) is 13.5. The van der Waals surface area contributed by atoms with Gasteiger partial charge >= 0.3 is 0 Å². The molecule has 2 aliphatic rings. The zero-order chi connectivity index (χ0) is 22.7. The van der Waals surface area contributed by atoms with Crippen molar-refractivity contribution in [3.8, 4) is 5.75 Å². The van der Waals surface area contributed by atoms with Crippen molar-refractivity contribution in [3.63, 3.8) is 0 Å². The van der Waals surface area contributed by atoms with E-state index in [1.54, 1.807) is 12.0 Å². The third-order valence-corrected chi connectivity index (χ3v) is 6.53. The van der Waals surface area contributed by atoms with Crippen LogP contribution in [0.1, 0.15) is 18.9 Å². The van der Waals surface area contributed by atoms with Gasteiger partial charge in [0, 0.05) is 56.2 Å². The average molecular weight is 437 g/mol. The number of nitrogens with one attached hydrogen (secondary N) is 1. The highest BCUT2D eigenvalue weighted by molar-refractivity contribution is 6.03. The molecule has 2 aromatic rings. The number of hydrogen-bond acceptors (Lipinski definition) is 5. The molecule has 2 fully saturated rings. The molecule has 1 N–H and O–H groups in total. The molecule has 0 aliphatic carbocycles. The number of amides is 2. The van der Waals surface area contributed by atoms with E-state index in [1.807, 2.05) is 37.3 Å². The first-order valence-corrected chi connectivity index (χ1v) is 11.3. The number of piperazine rings is 1. The summed E-state index contributed by atoms with van der Waals surface area (Å²) in [6.07, 6.45) is 0.219. The molecule has 0 bridgehead atoms. The minimum atomic E-state index is -0.370. The number of carbonyl (C=O) groups excluding carboxylic acids is 2. The summed E-state index contributed by atoms with van der Waals surface area (Å²) in [6.45, 7) is 9.89. The number of likely N-dealkylation sites (N-methyl/N-ethyl adjacent to an activating group) is 1. The second-order valence-electron chi connectivity index (χ2n) is 8.51. The van der Waals surface area contributed by atoms with Gasteiger partial charge in [0.15, 0.2) is 0 Å². The van der Waals surface area contributed by atoms with Gasteiger partial charge in [-0.1, -0.05) is 6.92 Å². The van der Waals surface area contributed by atoms with E-state index in [0.29, 0.717) is 6.54 Å². The zero-order valence-corrected chi connectivity index (χ0v) is 19.1. The summed E-state index contributed by atoms with van der Waals surface area (Å²) >= 11 is 0. The van der Waals surface area contributed by atoms with Crippen LogP contribution >= 0.6 is 0 Å². The van der Waals surface area contributed by atoms with Crippen molar-refractivity contribution in [2.24, 2.45) is 5.92 Å². The number of carbonyl (C=O) groups is 2. The number of aryl methyl sites for hydroxylation is 1. The van der Waals surface area contributed by atoms with Crippen LogP contribution in [0.2, 0.25) is 0 Å². The van der Waals surface area contributed by atoms with E-state index in [0.717, 1.165) is 55.4 Å². The molecule has 7 heteroatoms. The number of anilines is 3. The molecule has 0 saturated carbocycles. The van der Waals surface area contributed by atoms with Crippen molar-refractivity contribution in [1.82, 2.24) is 4.90 Å². The van der Waals surface area contributed by atoms with E-state index in [1.165, 1.54) is 5.69 Å². The summed E-state index contributed by atoms with van der Waals surface area (Å²) in [4.78, 5) is 32.0. The summed E-state index contributed by atoms with van der Waals surface area (Å²) in [7, 11) is 1.61. The Labute approximate surface area is 189 Å². The van der Waals surface area contributed by atoms with Crippen molar-refractivity contribution in [3.05, 3.63) is 48.0 Å². The van der Waals surface area contributed by atoms with Gasteiger partial charge in [-0.15, -0.1) is 0 Å². The first kappa shape index (κ1) is 22.1. The van der Waals surface area contributed by atoms with Gasteiger partial charge in [-0.3, -0.25) is 9.59 Å². The molecule has 2 amide bonds. The van der Waals surface area contributed by atoms with Crippen molar-refractivity contribution in [2.45, 2.75) is 20.3 Å². The lowest BCUT2D eigenvalue weighted by molar-refractivity contribution is -0.122. The maximum atomic E-state index is 12.9. The smallest absolute Gasteiger partial charge is 0.229 e. The fourth-order valence-corrected chi connectivity index (χ4v) is 4.44. The van der Waals surface area contributed by atoms with Crippen LogP contribution in [0.25, 0.3) is 0 Å². The monoisotopic (exact) mass is 436 g/mol. The Hall–Kier alpha value is -3.06. The lowest BCUT2D eigenvalue weighted by atomic mass is 10.1. The van der Waals surface area contributed by atoms with E-state index in [-0.39, 0.29) is 24.2 Å². The Balaban J connectivity index is 1.38. The van der Waals surface area contributed by atoms with Gasteiger partial charge in [-0.2, -0.15) is 0 Å². The molecule has 32 heavy (non-hydrogen) atoms. The number of benzene rings is 2. The molecule has 2 aliphatic heterocycles. The van der Waals surface area contributed by atoms with Crippen LogP contribution in [0, 0.1) is 12.8 Å². The number of ether oxygens (including phenoxy) is 1. The molecule has 1 atom stereocenters. The first-order chi connectivity index (χ1) is 15.5. The largest absolute Gasteiger partial charge is 0.497 e. The summed E-state index contributed by atoms with van der Waals surface area (Å²) in [5, 5.41) is 3.04. The minimum absolute atomic E-state index is 0.0337. The van der Waals surface area contributed by atoms with Crippen molar-refractivity contribution in [2.75, 3.05) is 61.5 Å². The molecule has 0 aromatic heterocycles. The van der Waals surface area contributed by atoms with E-state index in [2.05, 4.69) is 34.2 Å². The summed E-state index contributed by atoms with van der Waals surface area (Å²) in [5.41, 5.74) is 3.82. The lowest BCUT2D eigenvalue weighted by Gasteiger charge is -2.35. The third-order valence-electron chi connectivity index (χ3n) is 6.53. The number of rotatable bonds is 6. The van der Waals surface area contributed by atoms with Crippen LogP contribution in [0.15, 0.2) is 42.5 Å². The normalized spacial score (nSPS) is 19.3. The molecule has 1 unspecified atom stereocenters. The molecule has 0 radical (unpaired) electrons. The number of nitrogens with zero attached hydrogens (tertiary/aromatic N) is 3. The fraction of sp³-hybridized carbons (Fsp3) is 0.440. The number of hydrogen-bond donors (Lipinski definition) is 1. The molecular formula is C25H32N4O3. The van der Waals surface area contributed by atoms with E-state index in [9.17, 15) is 9.59 Å². The Bertz CT molecular complexity index is 968. The standard InChI is InChI=1S/C25H32N4O3/c1-4-27-11-13-28(14-12-27)21-7-10-23(18(2)15-21)26-25(31)19-16-24(30)29(17-19)20-5-8-22(32-3)9-6-20/h5-10,15,19H,4,11-14,16-17H2,1-3H3,(H,26,31). The maximum absolute atomic E-state index is 12.9. The maximum Gasteiger partial charge on any atom is 0.229 e. The Morgan fingerprint density at radius 2 is 1.75 bits per heavy atom. The molecule has 7 nitrogen and oxygen atoms in total. The molecular weight excluding hydrogens is 404 g/mol. The predicted octanol–water partition coefficient (Wildman–Crippen LogP) is 3.14. The summed E-state index contributed by atoms with van der Waals surface area (Å²) in [5.74, 6) is 0.224. The predicted molar refractivity (Wildman–Crippen MR) is 128 cm³/mol. The fourth-order valence-electron chi connectivity index (χ4n) is 4.44. The third kappa shape index (κ3) is 4.72. The number of methoxy groups -OCH3 is 1. The highest BCUT2D eigenvalue weighted by Gasteiger charge is 2.35. The molecule has 0 spiro atoms. The van der Waals surface area contributed by atoms with Crippen LogP contribution in [-0.2, 0) is 9.59 Å². The van der Waals surface area contributed by atoms with Crippen molar-refractivity contribution in [1.29, 1.82) is 0 Å². The molecule has 2 saturated heterocycles. The van der Waals surface area contributed by atoms with E-state index < -0.39 is 0 Å². The SMILES string of the molecule is CCN1CCN(c2ccc(NC(=O)C3CC(=O)N(c4ccc(OC)cc4)C3)c(C)c2)CC1. The minimum Gasteiger partial charge on any atom is -0.497 e. The zero-order valence-electron chi connectivity index (χ0n) is 19.1. The van der Waals surface area contributed by atoms with Crippen LogP contribution in [0.3, 0.4) is 0 Å². The lowest BCUT2D eigenvalue weighted by Crippen LogP contribution is -2.46. The van der Waals surface area contributed by atoms with Crippen molar-refractivity contribution < 1.29 is 14.3 Å². The molecule has 4 rings (SSSR count). The van der Waals surface area contributed by atoms with Gasteiger partial charge < -0.3 is 24.8 Å². The van der Waals surface area contributed by atoms with Crippen LogP contribution < -0.4 is 19.9 Å². The van der Waals surface area contributed by atoms with Crippen molar-refractivity contribution >= 4 is 28.9 Å². The van der Waals surface area contributed by atoms with Gasteiger partial charge in [0.25, 0.3) is 0 Å². The van der Waals surface area contributed by atoms with Gasteiger partial charge in [0.05, 0.1) is 13.0 Å². The van der Waals surface area contributed by atoms with Crippen LogP contribution in [-0.4, -0.2) is 63.1 Å². The molecule has 2 heterocycles. The quantitative estimate of drug-likeness (QED) is 0.754. The Morgan fingerprint density at radius 3 is 2.38 bits per heavy atom. The molecule has 2 aromatic carbocycles. The van der Waals surface area contributed by atoms with E-state index in [4.69, 9.17) is 4.74 Å². The topological polar surface area (TPSA) is 65.1 Å². The van der Waals surface area contributed by atoms with Gasteiger partial charge in [0.2, 0.25) is 11.8 Å². The highest BCUT2D eigenvalue weighted by Crippen LogP contribution is 2.29. The highest BCUT2D eigenvalue weighted by atomic mass is 16.5. The molecule has 170 valence electrons.